The molecule has 1 atom stereocenters. The van der Waals surface area contributed by atoms with Gasteiger partial charge in [-0.3, -0.25) is 4.90 Å². The molecule has 2 aliphatic rings. The zero-order chi connectivity index (χ0) is 24.3. The Hall–Kier alpha value is -3.29. The highest BCUT2D eigenvalue weighted by atomic mass is 32.2. The topological polar surface area (TPSA) is 54.1 Å². The Bertz CT molecular complexity index is 1210. The van der Waals surface area contributed by atoms with Crippen molar-refractivity contribution in [2.24, 2.45) is 4.99 Å². The normalized spacial score (nSPS) is 21.0. The first-order valence-corrected chi connectivity index (χ1v) is 13.1. The van der Waals surface area contributed by atoms with E-state index < -0.39 is 5.79 Å². The van der Waals surface area contributed by atoms with Crippen LogP contribution >= 0.6 is 11.8 Å². The summed E-state index contributed by atoms with van der Waals surface area (Å²) >= 11 is 1.57. The zero-order valence-corrected chi connectivity index (χ0v) is 20.9. The van der Waals surface area contributed by atoms with Crippen LogP contribution in [0.3, 0.4) is 0 Å². The van der Waals surface area contributed by atoms with Crippen molar-refractivity contribution in [3.8, 4) is 0 Å². The van der Waals surface area contributed by atoms with Crippen LogP contribution in [-0.4, -0.2) is 59.6 Å². The van der Waals surface area contributed by atoms with Crippen LogP contribution in [0.5, 0.6) is 0 Å². The SMILES string of the molecule is CS/C(=N\C1(c2ccccc2)N(c2ccc(C)cc2)CC(c2ccccc2)=[N+]1[O-])N1CCOCC1. The molecule has 5 rings (SSSR count). The van der Waals surface area contributed by atoms with Gasteiger partial charge < -0.3 is 14.8 Å². The van der Waals surface area contributed by atoms with E-state index in [9.17, 15) is 5.21 Å². The molecule has 0 N–H and O–H groups in total. The molecule has 3 aromatic rings. The first-order chi connectivity index (χ1) is 17.1. The molecule has 7 heteroatoms. The van der Waals surface area contributed by atoms with Crippen molar-refractivity contribution in [2.45, 2.75) is 12.7 Å². The number of thioether (sulfide) groups is 1. The van der Waals surface area contributed by atoms with E-state index in [2.05, 4.69) is 41.0 Å². The van der Waals surface area contributed by atoms with E-state index in [1.165, 1.54) is 5.56 Å². The van der Waals surface area contributed by atoms with Crippen molar-refractivity contribution < 1.29 is 9.48 Å². The van der Waals surface area contributed by atoms with Gasteiger partial charge in [-0.2, -0.15) is 9.73 Å². The van der Waals surface area contributed by atoms with Gasteiger partial charge in [-0.25, -0.2) is 0 Å². The van der Waals surface area contributed by atoms with E-state index in [0.717, 1.165) is 39.8 Å². The Labute approximate surface area is 211 Å². The summed E-state index contributed by atoms with van der Waals surface area (Å²) in [7, 11) is 0. The molecule has 0 spiro atoms. The van der Waals surface area contributed by atoms with E-state index in [1.807, 2.05) is 66.9 Å². The monoisotopic (exact) mass is 486 g/mol. The first kappa shape index (κ1) is 23.5. The van der Waals surface area contributed by atoms with Gasteiger partial charge in [-0.05, 0) is 49.6 Å². The van der Waals surface area contributed by atoms with Crippen molar-refractivity contribution >= 4 is 28.3 Å². The van der Waals surface area contributed by atoms with Gasteiger partial charge in [0.2, 0.25) is 5.71 Å². The van der Waals surface area contributed by atoms with Crippen LogP contribution in [0, 0.1) is 12.1 Å². The van der Waals surface area contributed by atoms with Gasteiger partial charge in [0.25, 0.3) is 0 Å². The molecule has 2 heterocycles. The third-order valence-corrected chi connectivity index (χ3v) is 7.26. The molecule has 2 aliphatic heterocycles. The number of hydroxylamine groups is 1. The molecule has 35 heavy (non-hydrogen) atoms. The highest BCUT2D eigenvalue weighted by Crippen LogP contribution is 2.41. The van der Waals surface area contributed by atoms with E-state index >= 15 is 0 Å². The lowest BCUT2D eigenvalue weighted by atomic mass is 10.1. The molecular weight excluding hydrogens is 456 g/mol. The number of benzene rings is 3. The Morgan fingerprint density at radius 3 is 2.20 bits per heavy atom. The summed E-state index contributed by atoms with van der Waals surface area (Å²) in [4.78, 5) is 9.68. The van der Waals surface area contributed by atoms with E-state index in [-0.39, 0.29) is 0 Å². The number of aryl methyl sites for hydroxylation is 1. The predicted octanol–water partition coefficient (Wildman–Crippen LogP) is 4.68. The molecule has 1 unspecified atom stereocenters. The molecule has 180 valence electrons. The van der Waals surface area contributed by atoms with E-state index in [0.29, 0.717) is 25.5 Å². The number of rotatable bonds is 4. The number of morpholine rings is 1. The summed E-state index contributed by atoms with van der Waals surface area (Å²) in [6, 6.07) is 28.2. The smallest absolute Gasteiger partial charge is 0.379 e. The maximum atomic E-state index is 14.5. The fourth-order valence-corrected chi connectivity index (χ4v) is 5.36. The second-order valence-electron chi connectivity index (χ2n) is 8.73. The van der Waals surface area contributed by atoms with Crippen molar-refractivity contribution in [3.63, 3.8) is 0 Å². The molecule has 1 fully saturated rings. The number of nitrogens with zero attached hydrogens (tertiary/aromatic N) is 4. The summed E-state index contributed by atoms with van der Waals surface area (Å²) in [6.45, 7) is 5.33. The predicted molar refractivity (Wildman–Crippen MR) is 144 cm³/mol. The minimum absolute atomic E-state index is 0.444. The summed E-state index contributed by atoms with van der Waals surface area (Å²) in [5.41, 5.74) is 4.57. The van der Waals surface area contributed by atoms with Crippen molar-refractivity contribution in [1.82, 2.24) is 4.90 Å². The molecular formula is C28H30N4O2S. The second-order valence-corrected chi connectivity index (χ2v) is 9.50. The number of hydrogen-bond acceptors (Lipinski definition) is 5. The van der Waals surface area contributed by atoms with Crippen molar-refractivity contribution in [2.75, 3.05) is 44.0 Å². The standard InChI is InChI=1S/C28H30N4O2S/c1-22-13-15-25(16-14-22)31-21-26(23-9-5-3-6-10-23)32(33)28(31,24-11-7-4-8-12-24)29-27(35-2)30-17-19-34-20-18-30/h3-16H,17-21H2,1-2H3/b29-27-. The van der Waals surface area contributed by atoms with Crippen LogP contribution in [0.25, 0.3) is 0 Å². The number of anilines is 1. The maximum absolute atomic E-state index is 14.5. The molecule has 0 bridgehead atoms. The van der Waals surface area contributed by atoms with Crippen LogP contribution in [-0.2, 0) is 10.5 Å². The number of amidine groups is 1. The second kappa shape index (κ2) is 10.1. The largest absolute Gasteiger partial charge is 0.620 e. The molecule has 0 amide bonds. The van der Waals surface area contributed by atoms with Gasteiger partial charge in [-0.1, -0.05) is 65.9 Å². The fraction of sp³-hybridized carbons (Fsp3) is 0.286. The Morgan fingerprint density at radius 1 is 0.943 bits per heavy atom. The minimum atomic E-state index is -1.28. The van der Waals surface area contributed by atoms with Gasteiger partial charge in [0, 0.05) is 24.3 Å². The van der Waals surface area contributed by atoms with E-state index in [1.54, 1.807) is 11.8 Å². The molecule has 1 saturated heterocycles. The lowest BCUT2D eigenvalue weighted by molar-refractivity contribution is -0.547. The Kier molecular flexibility index (Phi) is 6.79. The summed E-state index contributed by atoms with van der Waals surface area (Å²) < 4.78 is 6.70. The lowest BCUT2D eigenvalue weighted by Gasteiger charge is -2.36. The molecule has 0 radical (unpaired) electrons. The van der Waals surface area contributed by atoms with Gasteiger partial charge in [0.05, 0.1) is 18.8 Å². The summed E-state index contributed by atoms with van der Waals surface area (Å²) in [5, 5.41) is 15.3. The van der Waals surface area contributed by atoms with Gasteiger partial charge in [-0.15, -0.1) is 0 Å². The average molecular weight is 487 g/mol. The quantitative estimate of drug-likeness (QED) is 0.232. The van der Waals surface area contributed by atoms with Crippen LogP contribution in [0.2, 0.25) is 0 Å². The van der Waals surface area contributed by atoms with Crippen LogP contribution in [0.4, 0.5) is 5.69 Å². The van der Waals surface area contributed by atoms with Gasteiger partial charge >= 0.3 is 5.79 Å². The molecule has 0 saturated carbocycles. The van der Waals surface area contributed by atoms with E-state index in [4.69, 9.17) is 9.73 Å². The van der Waals surface area contributed by atoms with Crippen LogP contribution in [0.1, 0.15) is 16.7 Å². The van der Waals surface area contributed by atoms with Gasteiger partial charge in [0.15, 0.2) is 5.17 Å². The zero-order valence-electron chi connectivity index (χ0n) is 20.1. The minimum Gasteiger partial charge on any atom is -0.620 e. The number of ether oxygens (including phenoxy) is 1. The molecule has 0 aromatic heterocycles. The average Bonchev–Trinajstić information content (AvgIpc) is 3.22. The van der Waals surface area contributed by atoms with Crippen molar-refractivity contribution in [3.05, 3.63) is 107 Å². The number of aliphatic imine (C=N–C) groups is 1. The number of hydrogen-bond donors (Lipinski definition) is 0. The lowest BCUT2D eigenvalue weighted by Crippen LogP contribution is -2.49. The Balaban J connectivity index is 1.76. The van der Waals surface area contributed by atoms with Crippen LogP contribution in [0.15, 0.2) is 89.9 Å². The molecule has 3 aromatic carbocycles. The fourth-order valence-electron chi connectivity index (χ4n) is 4.70. The third kappa shape index (κ3) is 4.42. The molecule has 0 aliphatic carbocycles. The van der Waals surface area contributed by atoms with Crippen molar-refractivity contribution in [1.29, 1.82) is 0 Å². The van der Waals surface area contributed by atoms with Crippen LogP contribution < -0.4 is 4.90 Å². The molecule has 6 nitrogen and oxygen atoms in total. The first-order valence-electron chi connectivity index (χ1n) is 11.9. The summed E-state index contributed by atoms with van der Waals surface area (Å²) in [5.74, 6) is -1.28. The highest BCUT2D eigenvalue weighted by Gasteiger charge is 2.55. The maximum Gasteiger partial charge on any atom is 0.379 e. The summed E-state index contributed by atoms with van der Waals surface area (Å²) in [6.07, 6.45) is 2.02. The Morgan fingerprint density at radius 2 is 1.57 bits per heavy atom. The van der Waals surface area contributed by atoms with Gasteiger partial charge in [0.1, 0.15) is 6.54 Å². The third-order valence-electron chi connectivity index (χ3n) is 6.54. The highest BCUT2D eigenvalue weighted by molar-refractivity contribution is 8.13.